The third-order valence-electron chi connectivity index (χ3n) is 3.61. The van der Waals surface area contributed by atoms with E-state index in [1.54, 1.807) is 4.90 Å². The number of hydrogen-bond donors (Lipinski definition) is 2. The largest absolute Gasteiger partial charge is 0.333 e. The first-order valence-corrected chi connectivity index (χ1v) is 7.57. The van der Waals surface area contributed by atoms with Crippen LogP contribution in [0.1, 0.15) is 31.7 Å². The maximum absolute atomic E-state index is 12.1. The maximum Gasteiger partial charge on any atom is 0.244 e. The van der Waals surface area contributed by atoms with Crippen molar-refractivity contribution in [1.29, 1.82) is 0 Å². The monoisotopic (exact) mass is 289 g/mol. The summed E-state index contributed by atoms with van der Waals surface area (Å²) in [5, 5.41) is 6.17. The van der Waals surface area contributed by atoms with Crippen LogP contribution in [0.4, 0.5) is 5.69 Å². The number of amides is 2. The molecule has 5 heteroatoms. The van der Waals surface area contributed by atoms with Crippen LogP contribution < -0.4 is 10.6 Å². The fraction of sp³-hybridized carbons (Fsp3) is 0.500. The van der Waals surface area contributed by atoms with E-state index >= 15 is 0 Å². The molecule has 0 saturated carbocycles. The zero-order valence-corrected chi connectivity index (χ0v) is 12.5. The van der Waals surface area contributed by atoms with E-state index in [0.717, 1.165) is 37.2 Å². The fourth-order valence-electron chi connectivity index (χ4n) is 2.45. The average Bonchev–Trinajstić information content (AvgIpc) is 2.49. The predicted octanol–water partition coefficient (Wildman–Crippen LogP) is 1.75. The summed E-state index contributed by atoms with van der Waals surface area (Å²) in [4.78, 5) is 25.5. The number of benzene rings is 1. The van der Waals surface area contributed by atoms with Gasteiger partial charge in [-0.2, -0.15) is 0 Å². The van der Waals surface area contributed by atoms with Crippen molar-refractivity contribution in [1.82, 2.24) is 10.2 Å². The summed E-state index contributed by atoms with van der Waals surface area (Å²) < 4.78 is 0. The van der Waals surface area contributed by atoms with E-state index in [-0.39, 0.29) is 18.4 Å². The van der Waals surface area contributed by atoms with Crippen molar-refractivity contribution in [3.63, 3.8) is 0 Å². The molecule has 0 unspecified atom stereocenters. The van der Waals surface area contributed by atoms with Crippen LogP contribution in [0.25, 0.3) is 0 Å². The second-order valence-electron chi connectivity index (χ2n) is 5.26. The Morgan fingerprint density at radius 2 is 2.10 bits per heavy atom. The van der Waals surface area contributed by atoms with Crippen LogP contribution in [0.15, 0.2) is 24.3 Å². The lowest BCUT2D eigenvalue weighted by molar-refractivity contribution is -0.136. The maximum atomic E-state index is 12.1. The molecule has 1 aromatic carbocycles. The molecule has 2 rings (SSSR count). The summed E-state index contributed by atoms with van der Waals surface area (Å²) in [5.41, 5.74) is 1.87. The van der Waals surface area contributed by atoms with Gasteiger partial charge in [-0.25, -0.2) is 0 Å². The highest BCUT2D eigenvalue weighted by Gasteiger charge is 2.20. The summed E-state index contributed by atoms with van der Waals surface area (Å²) >= 11 is 0. The summed E-state index contributed by atoms with van der Waals surface area (Å²) in [5.74, 6) is -0.0495. The molecule has 114 valence electrons. The molecule has 0 bridgehead atoms. The van der Waals surface area contributed by atoms with E-state index in [2.05, 4.69) is 10.6 Å². The van der Waals surface area contributed by atoms with E-state index in [9.17, 15) is 9.59 Å². The Labute approximate surface area is 125 Å². The Bertz CT molecular complexity index is 502. The van der Waals surface area contributed by atoms with E-state index in [1.807, 2.05) is 31.2 Å². The van der Waals surface area contributed by atoms with Gasteiger partial charge in [0, 0.05) is 25.2 Å². The number of nitrogens with zero attached hydrogens (tertiary/aromatic N) is 1. The average molecular weight is 289 g/mol. The van der Waals surface area contributed by atoms with E-state index in [0.29, 0.717) is 13.0 Å². The molecule has 1 heterocycles. The number of carbonyl (C=O) groups is 2. The topological polar surface area (TPSA) is 61.4 Å². The molecule has 1 fully saturated rings. The van der Waals surface area contributed by atoms with Crippen molar-refractivity contribution in [2.45, 2.75) is 32.7 Å². The number of nitrogens with one attached hydrogen (secondary N) is 2. The van der Waals surface area contributed by atoms with Crippen LogP contribution in [-0.4, -0.2) is 36.3 Å². The van der Waals surface area contributed by atoms with Gasteiger partial charge in [-0.05, 0) is 31.0 Å². The normalized spacial score (nSPS) is 15.1. The molecule has 0 atom stereocenters. The molecule has 0 spiro atoms. The van der Waals surface area contributed by atoms with Gasteiger partial charge in [-0.1, -0.05) is 25.1 Å². The molecule has 0 radical (unpaired) electrons. The minimum Gasteiger partial charge on any atom is -0.333 e. The van der Waals surface area contributed by atoms with E-state index in [1.165, 1.54) is 0 Å². The summed E-state index contributed by atoms with van der Waals surface area (Å²) in [6.07, 6.45) is 2.47. The van der Waals surface area contributed by atoms with Crippen LogP contribution in [-0.2, 0) is 16.1 Å². The Morgan fingerprint density at radius 1 is 1.29 bits per heavy atom. The van der Waals surface area contributed by atoms with Crippen LogP contribution in [0.5, 0.6) is 0 Å². The lowest BCUT2D eigenvalue weighted by Gasteiger charge is -2.26. The van der Waals surface area contributed by atoms with Crippen molar-refractivity contribution in [2.24, 2.45) is 0 Å². The van der Waals surface area contributed by atoms with Gasteiger partial charge in [0.05, 0.1) is 6.54 Å². The fourth-order valence-corrected chi connectivity index (χ4v) is 2.45. The molecular formula is C16H23N3O2. The number of carbonyl (C=O) groups excluding carboxylic acids is 2. The Kier molecular flexibility index (Phi) is 5.75. The first-order valence-electron chi connectivity index (χ1n) is 7.57. The summed E-state index contributed by atoms with van der Waals surface area (Å²) in [6.45, 7) is 4.48. The molecule has 1 aliphatic heterocycles. The van der Waals surface area contributed by atoms with Gasteiger partial charge in [0.1, 0.15) is 0 Å². The van der Waals surface area contributed by atoms with Gasteiger partial charge in [0.2, 0.25) is 11.8 Å². The number of hydrogen-bond acceptors (Lipinski definition) is 3. The van der Waals surface area contributed by atoms with E-state index in [4.69, 9.17) is 0 Å². The number of piperidine rings is 1. The molecule has 1 saturated heterocycles. The molecule has 0 aliphatic carbocycles. The van der Waals surface area contributed by atoms with Crippen LogP contribution in [0.2, 0.25) is 0 Å². The highest BCUT2D eigenvalue weighted by Crippen LogP contribution is 2.15. The summed E-state index contributed by atoms with van der Waals surface area (Å²) in [6, 6.07) is 7.74. The lowest BCUT2D eigenvalue weighted by Crippen LogP contribution is -2.40. The Balaban J connectivity index is 1.94. The molecule has 2 N–H and O–H groups in total. The predicted molar refractivity (Wildman–Crippen MR) is 82.9 cm³/mol. The molecule has 1 aromatic rings. The van der Waals surface area contributed by atoms with Gasteiger partial charge in [-0.15, -0.1) is 0 Å². The molecular weight excluding hydrogens is 266 g/mol. The number of anilines is 1. The number of rotatable bonds is 6. The molecule has 5 nitrogen and oxygen atoms in total. The van der Waals surface area contributed by atoms with Gasteiger partial charge < -0.3 is 15.5 Å². The quantitative estimate of drug-likeness (QED) is 0.838. The van der Waals surface area contributed by atoms with Gasteiger partial charge in [0.25, 0.3) is 0 Å². The number of para-hydroxylation sites is 1. The smallest absolute Gasteiger partial charge is 0.244 e. The van der Waals surface area contributed by atoms with Gasteiger partial charge in [0.15, 0.2) is 0 Å². The van der Waals surface area contributed by atoms with Crippen LogP contribution in [0, 0.1) is 0 Å². The van der Waals surface area contributed by atoms with Crippen molar-refractivity contribution >= 4 is 17.5 Å². The van der Waals surface area contributed by atoms with Crippen LogP contribution in [0.3, 0.4) is 0 Å². The van der Waals surface area contributed by atoms with E-state index < -0.39 is 0 Å². The summed E-state index contributed by atoms with van der Waals surface area (Å²) in [7, 11) is 0. The Hall–Kier alpha value is -1.88. The third kappa shape index (κ3) is 4.56. The van der Waals surface area contributed by atoms with Crippen molar-refractivity contribution in [3.05, 3.63) is 29.8 Å². The lowest BCUT2D eigenvalue weighted by atomic mass is 10.1. The highest BCUT2D eigenvalue weighted by molar-refractivity contribution is 5.95. The van der Waals surface area contributed by atoms with Crippen molar-refractivity contribution in [2.75, 3.05) is 25.0 Å². The minimum absolute atomic E-state index is 0.0809. The first kappa shape index (κ1) is 15.5. The zero-order valence-electron chi connectivity index (χ0n) is 12.5. The second-order valence-corrected chi connectivity index (χ2v) is 5.26. The third-order valence-corrected chi connectivity index (χ3v) is 3.61. The SMILES string of the molecule is CCNCc1ccccc1NC(=O)CN1CCCCC1=O. The minimum atomic E-state index is -0.130. The van der Waals surface area contributed by atoms with Gasteiger partial charge in [-0.3, -0.25) is 9.59 Å². The van der Waals surface area contributed by atoms with Crippen molar-refractivity contribution in [3.8, 4) is 0 Å². The molecule has 21 heavy (non-hydrogen) atoms. The number of likely N-dealkylation sites (tertiary alicyclic amines) is 1. The molecule has 1 aliphatic rings. The van der Waals surface area contributed by atoms with Crippen molar-refractivity contribution < 1.29 is 9.59 Å². The molecule has 0 aromatic heterocycles. The second kappa shape index (κ2) is 7.78. The van der Waals surface area contributed by atoms with Gasteiger partial charge >= 0.3 is 0 Å². The molecule has 2 amide bonds. The highest BCUT2D eigenvalue weighted by atomic mass is 16.2. The first-order chi connectivity index (χ1) is 10.2. The van der Waals surface area contributed by atoms with Crippen LogP contribution >= 0.6 is 0 Å². The Morgan fingerprint density at radius 3 is 2.86 bits per heavy atom. The zero-order chi connectivity index (χ0) is 15.1. The standard InChI is InChI=1S/C16H23N3O2/c1-2-17-11-13-7-3-4-8-14(13)18-15(20)12-19-10-6-5-9-16(19)21/h3-4,7-8,17H,2,5-6,9-12H2,1H3,(H,18,20).